The molecule has 0 aliphatic carbocycles. The third-order valence-corrected chi connectivity index (χ3v) is 4.04. The van der Waals surface area contributed by atoms with E-state index in [1.54, 1.807) is 18.2 Å². The maximum atomic E-state index is 12.1. The molecule has 7 heteroatoms. The van der Waals surface area contributed by atoms with Crippen LogP contribution in [0.25, 0.3) is 0 Å². The number of piperazine rings is 1. The number of nitrogens with one attached hydrogen (secondary N) is 1. The molecular weight excluding hydrogens is 347 g/mol. The van der Waals surface area contributed by atoms with Crippen molar-refractivity contribution >= 4 is 41.5 Å². The Kier molecular flexibility index (Phi) is 8.33. The third kappa shape index (κ3) is 5.51. The Morgan fingerprint density at radius 3 is 2.91 bits per heavy atom. The van der Waals surface area contributed by atoms with E-state index in [1.807, 2.05) is 4.90 Å². The molecular formula is C15H21Cl3N2O2. The molecule has 0 spiro atoms. The van der Waals surface area contributed by atoms with Crippen molar-refractivity contribution in [1.82, 2.24) is 10.2 Å². The number of rotatable bonds is 5. The minimum absolute atomic E-state index is 0. The number of nitrogens with zero attached hydrogens (tertiary/aromatic N) is 1. The Morgan fingerprint density at radius 1 is 1.45 bits per heavy atom. The van der Waals surface area contributed by atoms with Gasteiger partial charge in [-0.1, -0.05) is 23.2 Å². The van der Waals surface area contributed by atoms with E-state index in [9.17, 15) is 4.79 Å². The number of carbonyl (C=O) groups is 1. The zero-order chi connectivity index (χ0) is 15.2. The molecule has 1 unspecified atom stereocenters. The predicted octanol–water partition coefficient (Wildman–Crippen LogP) is 3.39. The van der Waals surface area contributed by atoms with Crippen LogP contribution >= 0.6 is 35.6 Å². The molecule has 1 aliphatic heterocycles. The minimum Gasteiger partial charge on any atom is -0.492 e. The average Bonchev–Trinajstić information content (AvgIpc) is 2.45. The number of benzene rings is 1. The summed E-state index contributed by atoms with van der Waals surface area (Å²) in [7, 11) is 0. The summed E-state index contributed by atoms with van der Waals surface area (Å²) in [6.07, 6.45) is 1.17. The van der Waals surface area contributed by atoms with E-state index < -0.39 is 0 Å². The summed E-state index contributed by atoms with van der Waals surface area (Å²) in [5.41, 5.74) is 0. The van der Waals surface area contributed by atoms with Gasteiger partial charge in [0.25, 0.3) is 0 Å². The molecule has 1 fully saturated rings. The van der Waals surface area contributed by atoms with Gasteiger partial charge in [0.2, 0.25) is 5.91 Å². The van der Waals surface area contributed by atoms with Crippen LogP contribution in [0.15, 0.2) is 18.2 Å². The molecule has 1 amide bonds. The van der Waals surface area contributed by atoms with Crippen LogP contribution in [0.1, 0.15) is 19.8 Å². The molecule has 1 N–H and O–H groups in total. The van der Waals surface area contributed by atoms with Crippen molar-refractivity contribution in [1.29, 1.82) is 0 Å². The summed E-state index contributed by atoms with van der Waals surface area (Å²) >= 11 is 11.8. The van der Waals surface area contributed by atoms with Crippen LogP contribution < -0.4 is 10.1 Å². The molecule has 1 saturated heterocycles. The van der Waals surface area contributed by atoms with Crippen molar-refractivity contribution in [3.8, 4) is 5.75 Å². The third-order valence-electron chi connectivity index (χ3n) is 3.51. The molecule has 1 aliphatic rings. The second-order valence-corrected chi connectivity index (χ2v) is 6.01. The first-order valence-electron chi connectivity index (χ1n) is 7.16. The lowest BCUT2D eigenvalue weighted by molar-refractivity contribution is -0.134. The lowest BCUT2D eigenvalue weighted by Crippen LogP contribution is -2.52. The fraction of sp³-hybridized carbons (Fsp3) is 0.533. The molecule has 0 bridgehead atoms. The van der Waals surface area contributed by atoms with E-state index in [0.717, 1.165) is 19.6 Å². The van der Waals surface area contributed by atoms with Gasteiger partial charge in [-0.15, -0.1) is 12.4 Å². The van der Waals surface area contributed by atoms with Gasteiger partial charge < -0.3 is 15.0 Å². The second-order valence-electron chi connectivity index (χ2n) is 5.17. The number of amides is 1. The topological polar surface area (TPSA) is 41.6 Å². The summed E-state index contributed by atoms with van der Waals surface area (Å²) in [5, 5.41) is 4.34. The first-order valence-corrected chi connectivity index (χ1v) is 7.91. The van der Waals surface area contributed by atoms with Crippen LogP contribution in [0, 0.1) is 0 Å². The standard InChI is InChI=1S/C15H20Cl2N2O2.ClH/c1-11-10-18-6-7-19(11)15(20)3-2-8-21-14-5-4-12(16)9-13(14)17;/h4-5,9,11,18H,2-3,6-8,10H2,1H3;1H. The molecule has 124 valence electrons. The van der Waals surface area contributed by atoms with Crippen molar-refractivity contribution in [2.75, 3.05) is 26.2 Å². The zero-order valence-corrected chi connectivity index (χ0v) is 14.8. The number of halogens is 3. The van der Waals surface area contributed by atoms with E-state index in [2.05, 4.69) is 12.2 Å². The Labute approximate surface area is 147 Å². The largest absolute Gasteiger partial charge is 0.492 e. The quantitative estimate of drug-likeness (QED) is 0.811. The highest BCUT2D eigenvalue weighted by molar-refractivity contribution is 6.35. The van der Waals surface area contributed by atoms with Crippen molar-refractivity contribution in [3.05, 3.63) is 28.2 Å². The Balaban J connectivity index is 0.00000242. The molecule has 1 atom stereocenters. The van der Waals surface area contributed by atoms with Crippen LogP contribution in [0.4, 0.5) is 0 Å². The molecule has 1 heterocycles. The number of carbonyl (C=O) groups excluding carboxylic acids is 1. The maximum absolute atomic E-state index is 12.1. The average molecular weight is 368 g/mol. The minimum atomic E-state index is 0. The van der Waals surface area contributed by atoms with Crippen LogP contribution in [0.2, 0.25) is 10.0 Å². The first kappa shape index (κ1) is 19.4. The summed E-state index contributed by atoms with van der Waals surface area (Å²) in [6, 6.07) is 5.38. The highest BCUT2D eigenvalue weighted by atomic mass is 35.5. The van der Waals surface area contributed by atoms with Gasteiger partial charge in [-0.05, 0) is 31.5 Å². The van der Waals surface area contributed by atoms with E-state index >= 15 is 0 Å². The van der Waals surface area contributed by atoms with Crippen molar-refractivity contribution in [2.24, 2.45) is 0 Å². The Morgan fingerprint density at radius 2 is 2.23 bits per heavy atom. The van der Waals surface area contributed by atoms with Gasteiger partial charge in [0.1, 0.15) is 5.75 Å². The highest BCUT2D eigenvalue weighted by Gasteiger charge is 2.22. The van der Waals surface area contributed by atoms with Crippen LogP contribution in [-0.4, -0.2) is 43.1 Å². The summed E-state index contributed by atoms with van der Waals surface area (Å²) in [5.74, 6) is 0.791. The van der Waals surface area contributed by atoms with Crippen molar-refractivity contribution in [3.63, 3.8) is 0 Å². The fourth-order valence-corrected chi connectivity index (χ4v) is 2.82. The highest BCUT2D eigenvalue weighted by Crippen LogP contribution is 2.27. The first-order chi connectivity index (χ1) is 10.1. The maximum Gasteiger partial charge on any atom is 0.223 e. The van der Waals surface area contributed by atoms with E-state index in [-0.39, 0.29) is 24.4 Å². The molecule has 2 rings (SSSR count). The molecule has 22 heavy (non-hydrogen) atoms. The molecule has 0 radical (unpaired) electrons. The second kappa shape index (κ2) is 9.46. The number of ether oxygens (including phenoxy) is 1. The molecule has 0 aromatic heterocycles. The summed E-state index contributed by atoms with van der Waals surface area (Å²) in [4.78, 5) is 14.1. The van der Waals surface area contributed by atoms with Gasteiger partial charge in [-0.2, -0.15) is 0 Å². The molecule has 1 aromatic rings. The lowest BCUT2D eigenvalue weighted by atomic mass is 10.2. The van der Waals surface area contributed by atoms with E-state index in [4.69, 9.17) is 27.9 Å². The lowest BCUT2D eigenvalue weighted by Gasteiger charge is -2.34. The van der Waals surface area contributed by atoms with Gasteiger partial charge >= 0.3 is 0 Å². The molecule has 4 nitrogen and oxygen atoms in total. The fourth-order valence-electron chi connectivity index (χ4n) is 2.35. The zero-order valence-electron chi connectivity index (χ0n) is 12.5. The van der Waals surface area contributed by atoms with Crippen molar-refractivity contribution in [2.45, 2.75) is 25.8 Å². The Bertz CT molecular complexity index is 500. The van der Waals surface area contributed by atoms with E-state index in [1.165, 1.54) is 0 Å². The van der Waals surface area contributed by atoms with Crippen LogP contribution in [-0.2, 0) is 4.79 Å². The van der Waals surface area contributed by atoms with Gasteiger partial charge in [-0.25, -0.2) is 0 Å². The van der Waals surface area contributed by atoms with Gasteiger partial charge in [0.15, 0.2) is 0 Å². The van der Waals surface area contributed by atoms with Gasteiger partial charge in [0, 0.05) is 37.1 Å². The normalized spacial score (nSPS) is 17.8. The van der Waals surface area contributed by atoms with Crippen molar-refractivity contribution < 1.29 is 9.53 Å². The molecule has 1 aromatic carbocycles. The SMILES string of the molecule is CC1CNCCN1C(=O)CCCOc1ccc(Cl)cc1Cl.Cl. The van der Waals surface area contributed by atoms with Crippen LogP contribution in [0.3, 0.4) is 0 Å². The monoisotopic (exact) mass is 366 g/mol. The van der Waals surface area contributed by atoms with Crippen LogP contribution in [0.5, 0.6) is 5.75 Å². The van der Waals surface area contributed by atoms with E-state index in [0.29, 0.717) is 35.2 Å². The summed E-state index contributed by atoms with van der Waals surface area (Å²) in [6.45, 7) is 5.04. The number of hydrogen-bond acceptors (Lipinski definition) is 3. The smallest absolute Gasteiger partial charge is 0.223 e. The Hall–Kier alpha value is -0.680. The van der Waals surface area contributed by atoms with Gasteiger partial charge in [0.05, 0.1) is 11.6 Å². The number of hydrogen-bond donors (Lipinski definition) is 1. The van der Waals surface area contributed by atoms with Gasteiger partial charge in [-0.3, -0.25) is 4.79 Å². The molecule has 0 saturated carbocycles. The summed E-state index contributed by atoms with van der Waals surface area (Å²) < 4.78 is 5.58. The predicted molar refractivity (Wildman–Crippen MR) is 92.5 cm³/mol.